The van der Waals surface area contributed by atoms with Gasteiger partial charge in [-0.2, -0.15) is 0 Å². The Morgan fingerprint density at radius 1 is 0.511 bits per heavy atom. The zero-order valence-corrected chi connectivity index (χ0v) is 26.6. The molecular weight excluding hydrogens is 544 g/mol. The van der Waals surface area contributed by atoms with Crippen LogP contribution in [0.4, 0.5) is 0 Å². The predicted octanol–water partition coefficient (Wildman–Crippen LogP) is 11.4. The molecule has 2 heteroatoms. The van der Waals surface area contributed by atoms with Gasteiger partial charge in [-0.25, -0.2) is 0 Å². The maximum atomic E-state index is 2.56. The zero-order valence-electron chi connectivity index (χ0n) is 26.6. The molecule has 8 aromatic rings. The van der Waals surface area contributed by atoms with Gasteiger partial charge in [-0.3, -0.25) is 0 Å². The normalized spacial score (nSPS) is 15.8. The molecular formula is C43H38N2. The summed E-state index contributed by atoms with van der Waals surface area (Å²) in [6.45, 7) is 10.6. The highest BCUT2D eigenvalue weighted by atomic mass is 15.0. The Hall–Kier alpha value is -4.82. The van der Waals surface area contributed by atoms with E-state index in [-0.39, 0.29) is 10.8 Å². The Balaban J connectivity index is 1.46. The van der Waals surface area contributed by atoms with Crippen molar-refractivity contribution >= 4 is 54.4 Å². The van der Waals surface area contributed by atoms with Crippen LogP contribution < -0.4 is 0 Å². The van der Waals surface area contributed by atoms with E-state index >= 15 is 0 Å². The maximum absolute atomic E-state index is 2.56. The minimum Gasteiger partial charge on any atom is -0.335 e. The van der Waals surface area contributed by atoms with Gasteiger partial charge in [0.1, 0.15) is 0 Å². The fourth-order valence-electron chi connectivity index (χ4n) is 8.22. The van der Waals surface area contributed by atoms with Crippen molar-refractivity contribution in [3.8, 4) is 5.69 Å². The van der Waals surface area contributed by atoms with E-state index in [1.807, 2.05) is 0 Å². The number of nitrogens with zero attached hydrogens (tertiary/aromatic N) is 2. The Kier molecular flexibility index (Phi) is 5.52. The summed E-state index contributed by atoms with van der Waals surface area (Å²) >= 11 is 0. The largest absolute Gasteiger partial charge is 0.335 e. The van der Waals surface area contributed by atoms with Gasteiger partial charge in [-0.15, -0.1) is 0 Å². The fraction of sp³-hybridized carbons (Fsp3) is 0.209. The van der Waals surface area contributed by atoms with Gasteiger partial charge in [-0.1, -0.05) is 113 Å². The molecule has 220 valence electrons. The molecule has 0 aliphatic heterocycles. The van der Waals surface area contributed by atoms with Crippen molar-refractivity contribution in [2.75, 3.05) is 0 Å². The molecule has 0 unspecified atom stereocenters. The summed E-state index contributed by atoms with van der Waals surface area (Å²) in [5, 5.41) is 7.91. The van der Waals surface area contributed by atoms with Crippen molar-refractivity contribution in [3.63, 3.8) is 0 Å². The second-order valence-corrected chi connectivity index (χ2v) is 14.5. The van der Waals surface area contributed by atoms with Gasteiger partial charge in [0.2, 0.25) is 0 Å². The first-order valence-corrected chi connectivity index (χ1v) is 16.4. The molecule has 1 aliphatic rings. The first-order valence-electron chi connectivity index (χ1n) is 16.4. The van der Waals surface area contributed by atoms with E-state index in [0.717, 1.165) is 6.54 Å². The van der Waals surface area contributed by atoms with E-state index in [1.54, 1.807) is 0 Å². The molecule has 0 fully saturated rings. The second-order valence-electron chi connectivity index (χ2n) is 14.5. The molecule has 0 atom stereocenters. The van der Waals surface area contributed by atoms with Crippen molar-refractivity contribution < 1.29 is 0 Å². The van der Waals surface area contributed by atoms with E-state index in [9.17, 15) is 0 Å². The zero-order chi connectivity index (χ0) is 30.5. The number of benzene rings is 6. The molecule has 0 radical (unpaired) electrons. The van der Waals surface area contributed by atoms with Crippen LogP contribution in [0.1, 0.15) is 57.2 Å². The van der Waals surface area contributed by atoms with Crippen LogP contribution >= 0.6 is 0 Å². The monoisotopic (exact) mass is 582 g/mol. The first-order chi connectivity index (χ1) is 21.8. The van der Waals surface area contributed by atoms with Crippen LogP contribution in [-0.2, 0) is 17.4 Å². The Bertz CT molecular complexity index is 2440. The lowest BCUT2D eigenvalue weighted by Gasteiger charge is -2.42. The number of aromatic nitrogens is 2. The van der Waals surface area contributed by atoms with Crippen molar-refractivity contribution in [2.45, 2.75) is 57.9 Å². The number of hydrogen-bond acceptors (Lipinski definition) is 0. The van der Waals surface area contributed by atoms with Gasteiger partial charge in [0, 0.05) is 39.2 Å². The van der Waals surface area contributed by atoms with Crippen LogP contribution in [0.3, 0.4) is 0 Å². The average Bonchev–Trinajstić information content (AvgIpc) is 3.54. The molecule has 0 saturated carbocycles. The maximum Gasteiger partial charge on any atom is 0.0574 e. The van der Waals surface area contributed by atoms with Crippen LogP contribution in [-0.4, -0.2) is 9.13 Å². The number of fused-ring (bicyclic) bond motifs is 9. The number of para-hydroxylation sites is 1. The highest BCUT2D eigenvalue weighted by Gasteiger charge is 2.38. The van der Waals surface area contributed by atoms with Crippen molar-refractivity contribution in [1.29, 1.82) is 0 Å². The third kappa shape index (κ3) is 3.88. The summed E-state index contributed by atoms with van der Waals surface area (Å²) in [7, 11) is 0. The van der Waals surface area contributed by atoms with E-state index < -0.39 is 0 Å². The van der Waals surface area contributed by atoms with Crippen LogP contribution in [0.15, 0.2) is 121 Å². The highest BCUT2D eigenvalue weighted by molar-refractivity contribution is 6.22. The summed E-state index contributed by atoms with van der Waals surface area (Å²) in [5.74, 6) is 0. The predicted molar refractivity (Wildman–Crippen MR) is 192 cm³/mol. The molecule has 2 aromatic heterocycles. The third-order valence-electron chi connectivity index (χ3n) is 10.8. The smallest absolute Gasteiger partial charge is 0.0574 e. The van der Waals surface area contributed by atoms with Crippen molar-refractivity contribution in [1.82, 2.24) is 9.13 Å². The van der Waals surface area contributed by atoms with Crippen molar-refractivity contribution in [2.24, 2.45) is 0 Å². The standard InChI is InChI=1S/C43H38N2/c1-42(2)21-22-43(3,4)37-25-39-35(24-36(37)42)34-23-33-32-20-19-29-15-11-12-18-31(29)41(32)44(27-28-13-7-5-8-14-28)38(33)26-40(34)45(39)30-16-9-6-10-17-30/h5-20,23-26H,21-22,27H2,1-4H3. The topological polar surface area (TPSA) is 9.86 Å². The van der Waals surface area contributed by atoms with Gasteiger partial charge >= 0.3 is 0 Å². The minimum atomic E-state index is 0.144. The lowest BCUT2D eigenvalue weighted by Crippen LogP contribution is -2.33. The van der Waals surface area contributed by atoms with Gasteiger partial charge in [0.15, 0.2) is 0 Å². The Labute approximate surface area is 264 Å². The molecule has 0 spiro atoms. The molecule has 2 nitrogen and oxygen atoms in total. The van der Waals surface area contributed by atoms with Crippen LogP contribution in [0.2, 0.25) is 0 Å². The molecule has 1 aliphatic carbocycles. The lowest BCUT2D eigenvalue weighted by molar-refractivity contribution is 0.332. The summed E-state index contributed by atoms with van der Waals surface area (Å²) < 4.78 is 5.08. The van der Waals surface area contributed by atoms with Gasteiger partial charge in [0.05, 0.1) is 22.1 Å². The number of hydrogen-bond donors (Lipinski definition) is 0. The summed E-state index contributed by atoms with van der Waals surface area (Å²) in [5.41, 5.74) is 11.0. The Morgan fingerprint density at radius 2 is 1.11 bits per heavy atom. The average molecular weight is 583 g/mol. The molecule has 0 bridgehead atoms. The number of rotatable bonds is 3. The van der Waals surface area contributed by atoms with E-state index in [1.165, 1.54) is 89.6 Å². The highest BCUT2D eigenvalue weighted by Crippen LogP contribution is 2.49. The third-order valence-corrected chi connectivity index (χ3v) is 10.8. The fourth-order valence-corrected chi connectivity index (χ4v) is 8.22. The first kappa shape index (κ1) is 26.6. The van der Waals surface area contributed by atoms with E-state index in [0.29, 0.717) is 0 Å². The quantitative estimate of drug-likeness (QED) is 0.196. The molecule has 2 heterocycles. The summed E-state index contributed by atoms with van der Waals surface area (Å²) in [6.07, 6.45) is 2.41. The SMILES string of the molecule is CC1(C)CCC(C)(C)c2cc3c(cc21)c1cc2c4ccc5ccccc5c4n(Cc4ccccc4)c2cc1n3-c1ccccc1. The summed E-state index contributed by atoms with van der Waals surface area (Å²) in [6, 6.07) is 45.4. The van der Waals surface area contributed by atoms with Gasteiger partial charge in [-0.05, 0) is 82.1 Å². The lowest BCUT2D eigenvalue weighted by atomic mass is 9.63. The molecule has 0 saturated heterocycles. The van der Waals surface area contributed by atoms with E-state index in [4.69, 9.17) is 0 Å². The Morgan fingerprint density at radius 3 is 1.87 bits per heavy atom. The summed E-state index contributed by atoms with van der Waals surface area (Å²) in [4.78, 5) is 0. The van der Waals surface area contributed by atoms with Crippen LogP contribution in [0.25, 0.3) is 60.1 Å². The van der Waals surface area contributed by atoms with Crippen molar-refractivity contribution in [3.05, 3.63) is 138 Å². The van der Waals surface area contributed by atoms with Crippen LogP contribution in [0.5, 0.6) is 0 Å². The molecule has 9 rings (SSSR count). The van der Waals surface area contributed by atoms with Crippen LogP contribution in [0, 0.1) is 0 Å². The molecule has 6 aromatic carbocycles. The molecule has 0 amide bonds. The van der Waals surface area contributed by atoms with Gasteiger partial charge in [0.25, 0.3) is 0 Å². The second kappa shape index (κ2) is 9.34. The molecule has 0 N–H and O–H groups in total. The van der Waals surface area contributed by atoms with E-state index in [2.05, 4.69) is 158 Å². The molecule has 45 heavy (non-hydrogen) atoms. The van der Waals surface area contributed by atoms with Gasteiger partial charge < -0.3 is 9.13 Å². The minimum absolute atomic E-state index is 0.144.